The molecule has 0 heterocycles. The van der Waals surface area contributed by atoms with Gasteiger partial charge < -0.3 is 25.2 Å². The van der Waals surface area contributed by atoms with E-state index in [2.05, 4.69) is 79.1 Å². The highest BCUT2D eigenvalue weighted by atomic mass is 31.2. The third-order valence-corrected chi connectivity index (χ3v) is 8.86. The number of nitrogens with two attached hydrogens (primary N) is 1. The molecule has 11 nitrogen and oxygen atoms in total. The molecule has 0 aromatic carbocycles. The summed E-state index contributed by atoms with van der Waals surface area (Å²) in [6.07, 6.45) is 45.4. The zero-order valence-electron chi connectivity index (χ0n) is 33.5. The lowest BCUT2D eigenvalue weighted by atomic mass is 10.1. The molecule has 0 aromatic heterocycles. The summed E-state index contributed by atoms with van der Waals surface area (Å²) < 4.78 is 32.5. The fraction of sp³-hybridized carbons (Fsp3) is 0.605. The van der Waals surface area contributed by atoms with Crippen LogP contribution in [0.15, 0.2) is 85.1 Å². The van der Waals surface area contributed by atoms with Crippen LogP contribution in [0.25, 0.3) is 0 Å². The Morgan fingerprint density at radius 2 is 1.07 bits per heavy atom. The number of rotatable bonds is 36. The number of carboxylic acids is 1. The summed E-state index contributed by atoms with van der Waals surface area (Å²) in [7, 11) is -4.75. The van der Waals surface area contributed by atoms with Crippen LogP contribution < -0.4 is 5.73 Å². The van der Waals surface area contributed by atoms with E-state index in [1.807, 2.05) is 18.2 Å². The molecule has 0 rings (SSSR count). The number of phosphoric acid groups is 1. The number of carbonyl (C=O) groups excluding carboxylic acids is 2. The van der Waals surface area contributed by atoms with Gasteiger partial charge in [0.25, 0.3) is 0 Å². The molecule has 0 saturated heterocycles. The van der Waals surface area contributed by atoms with Gasteiger partial charge in [0.2, 0.25) is 0 Å². The molecule has 0 fully saturated rings. The number of allylic oxidation sites excluding steroid dienone is 13. The average Bonchev–Trinajstić information content (AvgIpc) is 3.16. The number of phosphoric ester groups is 1. The molecule has 0 saturated carbocycles. The number of hydrogen-bond acceptors (Lipinski definition) is 9. The monoisotopic (exact) mass is 791 g/mol. The molecule has 0 spiro atoms. The quantitative estimate of drug-likeness (QED) is 0.0239. The summed E-state index contributed by atoms with van der Waals surface area (Å²) in [6.45, 7) is 2.53. The molecule has 0 aliphatic heterocycles. The Balaban J connectivity index is 4.58. The number of carbonyl (C=O) groups is 3. The summed E-state index contributed by atoms with van der Waals surface area (Å²) in [4.78, 5) is 45.8. The molecule has 3 atom stereocenters. The second-order valence-corrected chi connectivity index (χ2v) is 14.5. The first-order chi connectivity index (χ1) is 26.6. The molecule has 55 heavy (non-hydrogen) atoms. The second-order valence-electron chi connectivity index (χ2n) is 13.0. The molecule has 0 amide bonds. The lowest BCUT2D eigenvalue weighted by Gasteiger charge is -2.20. The molecular weight excluding hydrogens is 721 g/mol. The molecule has 12 heteroatoms. The Morgan fingerprint density at radius 1 is 0.600 bits per heavy atom. The van der Waals surface area contributed by atoms with Gasteiger partial charge in [-0.3, -0.25) is 23.4 Å². The van der Waals surface area contributed by atoms with Gasteiger partial charge in [0.05, 0.1) is 19.6 Å². The minimum Gasteiger partial charge on any atom is -0.480 e. The van der Waals surface area contributed by atoms with Crippen LogP contribution in [0.2, 0.25) is 0 Å². The van der Waals surface area contributed by atoms with E-state index in [1.165, 1.54) is 25.7 Å². The first-order valence-corrected chi connectivity index (χ1v) is 21.6. The Kier molecular flexibility index (Phi) is 35.3. The van der Waals surface area contributed by atoms with Crippen molar-refractivity contribution in [3.63, 3.8) is 0 Å². The van der Waals surface area contributed by atoms with Crippen LogP contribution >= 0.6 is 7.82 Å². The Morgan fingerprint density at radius 3 is 1.62 bits per heavy atom. The molecular formula is C43H70NO10P. The minimum absolute atomic E-state index is 0.0786. The van der Waals surface area contributed by atoms with E-state index >= 15 is 0 Å². The van der Waals surface area contributed by atoms with E-state index in [1.54, 1.807) is 6.08 Å². The van der Waals surface area contributed by atoms with Gasteiger partial charge in [-0.15, -0.1) is 0 Å². The van der Waals surface area contributed by atoms with E-state index in [9.17, 15) is 23.8 Å². The normalized spacial score (nSPS) is 14.7. The molecule has 0 radical (unpaired) electrons. The predicted octanol–water partition coefficient (Wildman–Crippen LogP) is 10.3. The van der Waals surface area contributed by atoms with Crippen LogP contribution in [0.3, 0.4) is 0 Å². The summed E-state index contributed by atoms with van der Waals surface area (Å²) in [5, 5.41) is 8.87. The van der Waals surface area contributed by atoms with Crippen LogP contribution in [-0.4, -0.2) is 59.9 Å². The van der Waals surface area contributed by atoms with Gasteiger partial charge in [0, 0.05) is 6.42 Å². The smallest absolute Gasteiger partial charge is 0.472 e. The largest absolute Gasteiger partial charge is 0.480 e. The Labute approximate surface area is 331 Å². The minimum atomic E-state index is -4.75. The fourth-order valence-corrected chi connectivity index (χ4v) is 5.53. The van der Waals surface area contributed by atoms with Gasteiger partial charge in [0.15, 0.2) is 6.10 Å². The van der Waals surface area contributed by atoms with Crippen LogP contribution in [0.5, 0.6) is 0 Å². The molecule has 4 N–H and O–H groups in total. The van der Waals surface area contributed by atoms with Crippen LogP contribution in [0.4, 0.5) is 0 Å². The number of carboxylic acid groups (broad SMARTS) is 1. The second kappa shape index (κ2) is 37.6. The zero-order valence-corrected chi connectivity index (χ0v) is 34.4. The SMILES string of the molecule is CC/C=C\C/C=C\C/C=C\C/C=C\C/C=C\CC(=O)OC(COC(=O)CCCCCCC/C=C\C/C=C\CCCCCC)COP(=O)(O)OCC(N)C(=O)O. The highest BCUT2D eigenvalue weighted by Gasteiger charge is 2.28. The van der Waals surface area contributed by atoms with Crippen molar-refractivity contribution in [2.75, 3.05) is 19.8 Å². The zero-order chi connectivity index (χ0) is 40.7. The standard InChI is InChI=1S/C43H70NO10P/c1-3-5-7-9-11-13-15-17-19-21-22-24-26-28-30-32-34-41(45)51-36-39(37-52-55(49,50)53-38-40(44)43(47)48)54-42(46)35-33-31-29-27-25-23-20-18-16-14-12-10-8-6-4-2/h6,8,12-15,18-21,25,27,31,33,39-40H,3-5,7,9-11,16-17,22-24,26,28-30,32,34-38,44H2,1-2H3,(H,47,48)(H,49,50)/b8-6-,14-12-,15-13-,20-18-,21-19-,27-25-,33-31-. The maximum atomic E-state index is 12.5. The molecule has 0 bridgehead atoms. The van der Waals surface area contributed by atoms with Crippen molar-refractivity contribution < 1.29 is 47.5 Å². The van der Waals surface area contributed by atoms with Crippen molar-refractivity contribution in [3.05, 3.63) is 85.1 Å². The number of hydrogen-bond donors (Lipinski definition) is 3. The van der Waals surface area contributed by atoms with Crippen LogP contribution in [0, 0.1) is 0 Å². The summed E-state index contributed by atoms with van der Waals surface area (Å²) in [6, 6.07) is -1.54. The average molecular weight is 792 g/mol. The molecule has 0 aromatic rings. The van der Waals surface area contributed by atoms with Gasteiger partial charge in [-0.05, 0) is 70.6 Å². The van der Waals surface area contributed by atoms with Gasteiger partial charge in [-0.2, -0.15) is 0 Å². The Hall–Kier alpha value is -3.34. The van der Waals surface area contributed by atoms with Gasteiger partial charge in [-0.25, -0.2) is 4.57 Å². The topological polar surface area (TPSA) is 172 Å². The summed E-state index contributed by atoms with van der Waals surface area (Å²) in [5.41, 5.74) is 5.31. The first kappa shape index (κ1) is 51.7. The summed E-state index contributed by atoms with van der Waals surface area (Å²) in [5.74, 6) is -2.57. The lowest BCUT2D eigenvalue weighted by Crippen LogP contribution is -2.34. The first-order valence-electron chi connectivity index (χ1n) is 20.1. The van der Waals surface area contributed by atoms with Crippen molar-refractivity contribution in [1.29, 1.82) is 0 Å². The molecule has 3 unspecified atom stereocenters. The highest BCUT2D eigenvalue weighted by Crippen LogP contribution is 2.43. The number of esters is 2. The maximum Gasteiger partial charge on any atom is 0.472 e. The van der Waals surface area contributed by atoms with Gasteiger partial charge in [-0.1, -0.05) is 137 Å². The van der Waals surface area contributed by atoms with Crippen molar-refractivity contribution in [2.24, 2.45) is 5.73 Å². The predicted molar refractivity (Wildman–Crippen MR) is 221 cm³/mol. The number of unbranched alkanes of at least 4 members (excludes halogenated alkanes) is 9. The third kappa shape index (κ3) is 37.4. The van der Waals surface area contributed by atoms with E-state index in [0.29, 0.717) is 12.8 Å². The van der Waals surface area contributed by atoms with Crippen molar-refractivity contribution in [2.45, 2.75) is 148 Å². The van der Waals surface area contributed by atoms with Crippen molar-refractivity contribution in [3.8, 4) is 0 Å². The summed E-state index contributed by atoms with van der Waals surface area (Å²) >= 11 is 0. The van der Waals surface area contributed by atoms with E-state index in [0.717, 1.165) is 70.6 Å². The number of aliphatic carboxylic acids is 1. The third-order valence-electron chi connectivity index (χ3n) is 7.91. The molecule has 0 aliphatic rings. The Bertz CT molecular complexity index is 1250. The fourth-order valence-electron chi connectivity index (χ4n) is 4.76. The molecule has 312 valence electrons. The van der Waals surface area contributed by atoms with E-state index in [-0.39, 0.29) is 12.8 Å². The number of ether oxygens (including phenoxy) is 2. The van der Waals surface area contributed by atoms with Gasteiger partial charge >= 0.3 is 25.7 Å². The van der Waals surface area contributed by atoms with Gasteiger partial charge in [0.1, 0.15) is 12.6 Å². The van der Waals surface area contributed by atoms with E-state index in [4.69, 9.17) is 24.8 Å². The van der Waals surface area contributed by atoms with Crippen molar-refractivity contribution >= 4 is 25.7 Å². The van der Waals surface area contributed by atoms with Crippen molar-refractivity contribution in [1.82, 2.24) is 0 Å². The lowest BCUT2D eigenvalue weighted by molar-refractivity contribution is -0.160. The highest BCUT2D eigenvalue weighted by molar-refractivity contribution is 7.47. The van der Waals surface area contributed by atoms with Crippen LogP contribution in [-0.2, 0) is 37.5 Å². The van der Waals surface area contributed by atoms with Crippen LogP contribution in [0.1, 0.15) is 136 Å². The van der Waals surface area contributed by atoms with E-state index < -0.39 is 57.7 Å². The maximum absolute atomic E-state index is 12.5. The molecule has 0 aliphatic carbocycles.